The van der Waals surface area contributed by atoms with Gasteiger partial charge in [0.05, 0.1) is 6.04 Å². The summed E-state index contributed by atoms with van der Waals surface area (Å²) in [5.41, 5.74) is 8.01. The predicted molar refractivity (Wildman–Crippen MR) is 88.5 cm³/mol. The number of hydrazine groups is 1. The van der Waals surface area contributed by atoms with Crippen molar-refractivity contribution in [3.63, 3.8) is 0 Å². The van der Waals surface area contributed by atoms with Crippen LogP contribution in [0.4, 0.5) is 0 Å². The number of aryl methyl sites for hydroxylation is 2. The van der Waals surface area contributed by atoms with E-state index in [0.717, 1.165) is 17.3 Å². The van der Waals surface area contributed by atoms with Gasteiger partial charge in [0, 0.05) is 4.47 Å². The van der Waals surface area contributed by atoms with Crippen LogP contribution in [0.5, 0.6) is 0 Å². The van der Waals surface area contributed by atoms with Crippen molar-refractivity contribution in [1.82, 2.24) is 5.43 Å². The van der Waals surface area contributed by atoms with Crippen molar-refractivity contribution in [3.8, 4) is 0 Å². The van der Waals surface area contributed by atoms with Gasteiger partial charge in [0.15, 0.2) is 0 Å². The van der Waals surface area contributed by atoms with Crippen LogP contribution < -0.4 is 11.3 Å². The van der Waals surface area contributed by atoms with Crippen LogP contribution in [0.3, 0.4) is 0 Å². The summed E-state index contributed by atoms with van der Waals surface area (Å²) < 4.78 is 1.12. The summed E-state index contributed by atoms with van der Waals surface area (Å²) in [5, 5.41) is 0. The molecule has 106 valence electrons. The third-order valence-corrected chi connectivity index (χ3v) is 4.52. The van der Waals surface area contributed by atoms with E-state index in [0.29, 0.717) is 0 Å². The molecule has 20 heavy (non-hydrogen) atoms. The standard InChI is InChI=1S/C17H21BrN2/c1-3-13-5-7-14(8-6-13)10-17(20-19)15-9-4-12(2)16(18)11-15/h4-9,11,17,20H,3,10,19H2,1-2H3. The second kappa shape index (κ2) is 7.02. The van der Waals surface area contributed by atoms with Crippen molar-refractivity contribution in [3.05, 3.63) is 69.2 Å². The van der Waals surface area contributed by atoms with Gasteiger partial charge >= 0.3 is 0 Å². The lowest BCUT2D eigenvalue weighted by Gasteiger charge is -2.17. The minimum Gasteiger partial charge on any atom is -0.271 e. The summed E-state index contributed by atoms with van der Waals surface area (Å²) >= 11 is 3.58. The highest BCUT2D eigenvalue weighted by atomic mass is 79.9. The predicted octanol–water partition coefficient (Wildman–Crippen LogP) is 4.07. The number of rotatable bonds is 5. The second-order valence-corrected chi connectivity index (χ2v) is 5.96. The Hall–Kier alpha value is -1.16. The molecule has 1 atom stereocenters. The third-order valence-electron chi connectivity index (χ3n) is 3.67. The minimum atomic E-state index is 0.124. The first-order valence-electron chi connectivity index (χ1n) is 6.94. The highest BCUT2D eigenvalue weighted by Crippen LogP contribution is 2.24. The molecular formula is C17H21BrN2. The molecule has 0 aliphatic rings. The smallest absolute Gasteiger partial charge is 0.0500 e. The van der Waals surface area contributed by atoms with E-state index in [1.165, 1.54) is 22.3 Å². The van der Waals surface area contributed by atoms with E-state index in [9.17, 15) is 0 Å². The van der Waals surface area contributed by atoms with Crippen LogP contribution in [0.1, 0.15) is 35.2 Å². The van der Waals surface area contributed by atoms with Gasteiger partial charge in [0.2, 0.25) is 0 Å². The zero-order valence-electron chi connectivity index (χ0n) is 12.0. The molecule has 2 aromatic carbocycles. The first kappa shape index (κ1) is 15.2. The normalized spacial score (nSPS) is 12.4. The number of nitrogens with two attached hydrogens (primary N) is 1. The zero-order valence-corrected chi connectivity index (χ0v) is 13.6. The molecule has 0 amide bonds. The Kier molecular flexibility index (Phi) is 5.35. The van der Waals surface area contributed by atoms with E-state index in [-0.39, 0.29) is 6.04 Å². The molecule has 0 radical (unpaired) electrons. The van der Waals surface area contributed by atoms with Crippen LogP contribution >= 0.6 is 15.9 Å². The molecule has 2 nitrogen and oxygen atoms in total. The number of hydrogen-bond donors (Lipinski definition) is 2. The van der Waals surface area contributed by atoms with E-state index in [2.05, 4.69) is 77.7 Å². The minimum absolute atomic E-state index is 0.124. The van der Waals surface area contributed by atoms with Gasteiger partial charge in [-0.1, -0.05) is 59.3 Å². The summed E-state index contributed by atoms with van der Waals surface area (Å²) in [6, 6.07) is 15.3. The highest BCUT2D eigenvalue weighted by molar-refractivity contribution is 9.10. The average Bonchev–Trinajstić information content (AvgIpc) is 2.48. The molecule has 0 saturated heterocycles. The fourth-order valence-corrected chi connectivity index (χ4v) is 2.64. The quantitative estimate of drug-likeness (QED) is 0.639. The molecule has 0 saturated carbocycles. The van der Waals surface area contributed by atoms with Crippen LogP contribution in [-0.2, 0) is 12.8 Å². The molecule has 3 N–H and O–H groups in total. The average molecular weight is 333 g/mol. The molecule has 0 aliphatic heterocycles. The molecule has 2 aromatic rings. The third kappa shape index (κ3) is 3.69. The van der Waals surface area contributed by atoms with E-state index in [1.807, 2.05) is 0 Å². The van der Waals surface area contributed by atoms with Crippen molar-refractivity contribution < 1.29 is 0 Å². The number of hydrogen-bond acceptors (Lipinski definition) is 2. The van der Waals surface area contributed by atoms with Crippen molar-refractivity contribution in [2.24, 2.45) is 5.84 Å². The van der Waals surface area contributed by atoms with Crippen molar-refractivity contribution in [1.29, 1.82) is 0 Å². The van der Waals surface area contributed by atoms with Crippen LogP contribution in [0.2, 0.25) is 0 Å². The lowest BCUT2D eigenvalue weighted by atomic mass is 9.97. The van der Waals surface area contributed by atoms with E-state index >= 15 is 0 Å². The zero-order chi connectivity index (χ0) is 14.5. The Balaban J connectivity index is 2.16. The lowest BCUT2D eigenvalue weighted by Crippen LogP contribution is -2.29. The van der Waals surface area contributed by atoms with Gasteiger partial charge in [-0.05, 0) is 48.1 Å². The van der Waals surface area contributed by atoms with Gasteiger partial charge in [0.25, 0.3) is 0 Å². The molecule has 0 aromatic heterocycles. The molecule has 0 bridgehead atoms. The fraction of sp³-hybridized carbons (Fsp3) is 0.294. The maximum atomic E-state index is 5.73. The van der Waals surface area contributed by atoms with Gasteiger partial charge in [-0.15, -0.1) is 0 Å². The monoisotopic (exact) mass is 332 g/mol. The van der Waals surface area contributed by atoms with Crippen molar-refractivity contribution in [2.45, 2.75) is 32.7 Å². The summed E-state index contributed by atoms with van der Waals surface area (Å²) in [6.07, 6.45) is 1.96. The number of benzene rings is 2. The van der Waals surface area contributed by atoms with Crippen LogP contribution in [-0.4, -0.2) is 0 Å². The molecule has 1 unspecified atom stereocenters. The summed E-state index contributed by atoms with van der Waals surface area (Å²) in [7, 11) is 0. The molecule has 0 fully saturated rings. The molecular weight excluding hydrogens is 312 g/mol. The van der Waals surface area contributed by atoms with Gasteiger partial charge in [-0.3, -0.25) is 11.3 Å². The van der Waals surface area contributed by atoms with Crippen LogP contribution in [0.15, 0.2) is 46.9 Å². The van der Waals surface area contributed by atoms with Crippen molar-refractivity contribution >= 4 is 15.9 Å². The summed E-state index contributed by atoms with van der Waals surface area (Å²) in [5.74, 6) is 5.73. The maximum absolute atomic E-state index is 5.73. The van der Waals surface area contributed by atoms with Crippen molar-refractivity contribution in [2.75, 3.05) is 0 Å². The first-order chi connectivity index (χ1) is 9.63. The van der Waals surface area contributed by atoms with Crippen LogP contribution in [0, 0.1) is 6.92 Å². The Morgan fingerprint density at radius 3 is 2.30 bits per heavy atom. The topological polar surface area (TPSA) is 38.0 Å². The Labute approximate surface area is 129 Å². The maximum Gasteiger partial charge on any atom is 0.0500 e. The first-order valence-corrected chi connectivity index (χ1v) is 7.73. The Morgan fingerprint density at radius 1 is 1.10 bits per heavy atom. The van der Waals surface area contributed by atoms with E-state index in [1.54, 1.807) is 0 Å². The molecule has 0 aliphatic carbocycles. The Bertz CT molecular complexity index is 564. The fourth-order valence-electron chi connectivity index (χ4n) is 2.25. The van der Waals surface area contributed by atoms with Gasteiger partial charge in [0.1, 0.15) is 0 Å². The largest absolute Gasteiger partial charge is 0.271 e. The lowest BCUT2D eigenvalue weighted by molar-refractivity contribution is 0.551. The van der Waals surface area contributed by atoms with E-state index < -0.39 is 0 Å². The molecule has 0 spiro atoms. The van der Waals surface area contributed by atoms with Gasteiger partial charge < -0.3 is 0 Å². The molecule has 3 heteroatoms. The molecule has 0 heterocycles. The van der Waals surface area contributed by atoms with E-state index in [4.69, 9.17) is 5.84 Å². The number of halogens is 1. The summed E-state index contributed by atoms with van der Waals surface area (Å²) in [4.78, 5) is 0. The molecule has 2 rings (SSSR count). The second-order valence-electron chi connectivity index (χ2n) is 5.10. The number of nitrogens with one attached hydrogen (secondary N) is 1. The van der Waals surface area contributed by atoms with Crippen LogP contribution in [0.25, 0.3) is 0 Å². The summed E-state index contributed by atoms with van der Waals surface area (Å²) in [6.45, 7) is 4.26. The highest BCUT2D eigenvalue weighted by Gasteiger charge is 2.11. The Morgan fingerprint density at radius 2 is 1.75 bits per heavy atom. The SMILES string of the molecule is CCc1ccc(CC(NN)c2ccc(C)c(Br)c2)cc1. The van der Waals surface area contributed by atoms with Gasteiger partial charge in [-0.25, -0.2) is 0 Å². The van der Waals surface area contributed by atoms with Gasteiger partial charge in [-0.2, -0.15) is 0 Å².